The molecule has 5 heteroatoms. The number of rotatable bonds is 5. The Morgan fingerprint density at radius 2 is 1.64 bits per heavy atom. The molecule has 1 aliphatic rings. The van der Waals surface area contributed by atoms with E-state index in [0.717, 1.165) is 17.5 Å². The molecule has 0 fully saturated rings. The highest BCUT2D eigenvalue weighted by atomic mass is 31.2. The summed E-state index contributed by atoms with van der Waals surface area (Å²) in [6.07, 6.45) is 3.28. The standard InChI is InChI=1S/C23H29O4P/c1-16(12-17-6-8-18(9-7-17)14-27-28(24,25)26)19-10-11-20-21(13-19)23(4,5)15-22(20,2)3/h6-13H,14-15H2,1-5H3,(H2,24,25,26). The number of hydrogen-bond donors (Lipinski definition) is 2. The summed E-state index contributed by atoms with van der Waals surface area (Å²) in [6, 6.07) is 14.3. The quantitative estimate of drug-likeness (QED) is 0.491. The molecule has 0 radical (unpaired) electrons. The molecule has 0 saturated heterocycles. The largest absolute Gasteiger partial charge is 0.469 e. The van der Waals surface area contributed by atoms with Gasteiger partial charge in [-0.05, 0) is 57.6 Å². The number of hydrogen-bond acceptors (Lipinski definition) is 2. The van der Waals surface area contributed by atoms with Gasteiger partial charge in [0.25, 0.3) is 0 Å². The van der Waals surface area contributed by atoms with Gasteiger partial charge in [0.1, 0.15) is 0 Å². The smallest absolute Gasteiger partial charge is 0.303 e. The highest BCUT2D eigenvalue weighted by Crippen LogP contribution is 2.49. The van der Waals surface area contributed by atoms with Gasteiger partial charge >= 0.3 is 7.82 Å². The Morgan fingerprint density at radius 3 is 2.25 bits per heavy atom. The van der Waals surface area contributed by atoms with Crippen molar-refractivity contribution in [2.45, 2.75) is 58.5 Å². The van der Waals surface area contributed by atoms with Gasteiger partial charge in [0, 0.05) is 0 Å². The van der Waals surface area contributed by atoms with E-state index in [-0.39, 0.29) is 17.4 Å². The van der Waals surface area contributed by atoms with Crippen LogP contribution in [0, 0.1) is 0 Å². The predicted octanol–water partition coefficient (Wildman–Crippen LogP) is 5.82. The maximum Gasteiger partial charge on any atom is 0.469 e. The molecule has 0 bridgehead atoms. The van der Waals surface area contributed by atoms with Crippen molar-refractivity contribution in [1.82, 2.24) is 0 Å². The van der Waals surface area contributed by atoms with Crippen molar-refractivity contribution in [3.05, 3.63) is 70.3 Å². The Labute approximate surface area is 167 Å². The van der Waals surface area contributed by atoms with Gasteiger partial charge in [-0.3, -0.25) is 4.52 Å². The van der Waals surface area contributed by atoms with E-state index < -0.39 is 7.82 Å². The number of phosphoric acid groups is 1. The van der Waals surface area contributed by atoms with E-state index in [2.05, 4.69) is 63.4 Å². The first-order chi connectivity index (χ1) is 12.9. The molecule has 0 atom stereocenters. The molecule has 0 heterocycles. The van der Waals surface area contributed by atoms with Crippen molar-refractivity contribution in [3.63, 3.8) is 0 Å². The van der Waals surface area contributed by atoms with E-state index in [4.69, 9.17) is 9.79 Å². The lowest BCUT2D eigenvalue weighted by Crippen LogP contribution is -2.17. The monoisotopic (exact) mass is 400 g/mol. The topological polar surface area (TPSA) is 66.8 Å². The lowest BCUT2D eigenvalue weighted by Gasteiger charge is -2.22. The highest BCUT2D eigenvalue weighted by Gasteiger charge is 2.41. The second-order valence-corrected chi connectivity index (χ2v) is 10.3. The molecule has 1 aliphatic carbocycles. The Balaban J connectivity index is 1.82. The number of phosphoric ester groups is 1. The van der Waals surface area contributed by atoms with Crippen molar-refractivity contribution in [2.75, 3.05) is 0 Å². The van der Waals surface area contributed by atoms with Gasteiger partial charge in [-0.25, -0.2) is 4.57 Å². The number of allylic oxidation sites excluding steroid dienone is 1. The molecule has 2 aromatic rings. The van der Waals surface area contributed by atoms with Crippen LogP contribution in [-0.2, 0) is 26.5 Å². The molecule has 0 amide bonds. The summed E-state index contributed by atoms with van der Waals surface area (Å²) in [5, 5.41) is 0. The van der Waals surface area contributed by atoms with Crippen LogP contribution in [0.4, 0.5) is 0 Å². The minimum absolute atomic E-state index is 0.108. The molecule has 0 aliphatic heterocycles. The second kappa shape index (κ2) is 7.27. The van der Waals surface area contributed by atoms with Gasteiger partial charge in [-0.2, -0.15) is 0 Å². The molecule has 28 heavy (non-hydrogen) atoms. The van der Waals surface area contributed by atoms with Crippen molar-refractivity contribution in [1.29, 1.82) is 0 Å². The van der Waals surface area contributed by atoms with Crippen LogP contribution in [0.5, 0.6) is 0 Å². The van der Waals surface area contributed by atoms with Crippen molar-refractivity contribution >= 4 is 19.5 Å². The fraction of sp³-hybridized carbons (Fsp3) is 0.391. The summed E-state index contributed by atoms with van der Waals surface area (Å²) in [7, 11) is -4.44. The van der Waals surface area contributed by atoms with Gasteiger partial charge in [0.15, 0.2) is 0 Å². The zero-order valence-electron chi connectivity index (χ0n) is 17.2. The lowest BCUT2D eigenvalue weighted by molar-refractivity contribution is 0.189. The first kappa shape index (κ1) is 21.0. The third kappa shape index (κ3) is 4.64. The zero-order valence-corrected chi connectivity index (χ0v) is 18.1. The summed E-state index contributed by atoms with van der Waals surface area (Å²) in [6.45, 7) is 11.3. The average Bonchev–Trinajstić information content (AvgIpc) is 2.77. The second-order valence-electron chi connectivity index (χ2n) is 9.04. The summed E-state index contributed by atoms with van der Waals surface area (Å²) in [5.41, 5.74) is 7.43. The Hall–Kier alpha value is -1.71. The van der Waals surface area contributed by atoms with E-state index in [1.807, 2.05) is 24.3 Å². The molecule has 4 nitrogen and oxygen atoms in total. The normalized spacial score (nSPS) is 18.2. The Kier molecular flexibility index (Phi) is 5.46. The van der Waals surface area contributed by atoms with Crippen LogP contribution >= 0.6 is 7.82 Å². The van der Waals surface area contributed by atoms with Crippen LogP contribution in [0.25, 0.3) is 11.6 Å². The van der Waals surface area contributed by atoms with E-state index in [1.165, 1.54) is 22.3 Å². The molecular formula is C23H29O4P. The van der Waals surface area contributed by atoms with Crippen LogP contribution in [0.3, 0.4) is 0 Å². The fourth-order valence-electron chi connectivity index (χ4n) is 4.44. The molecule has 3 rings (SSSR count). The van der Waals surface area contributed by atoms with Gasteiger partial charge in [-0.1, -0.05) is 76.2 Å². The van der Waals surface area contributed by atoms with Crippen LogP contribution in [0.2, 0.25) is 0 Å². The van der Waals surface area contributed by atoms with Crippen LogP contribution in [0.1, 0.15) is 68.9 Å². The average molecular weight is 400 g/mol. The van der Waals surface area contributed by atoms with Crippen LogP contribution in [-0.4, -0.2) is 9.79 Å². The predicted molar refractivity (Wildman–Crippen MR) is 114 cm³/mol. The highest BCUT2D eigenvalue weighted by molar-refractivity contribution is 7.46. The summed E-state index contributed by atoms with van der Waals surface area (Å²) in [5.74, 6) is 0. The molecule has 2 N–H and O–H groups in total. The lowest BCUT2D eigenvalue weighted by atomic mass is 9.82. The first-order valence-corrected chi connectivity index (χ1v) is 11.0. The molecule has 0 spiro atoms. The van der Waals surface area contributed by atoms with Gasteiger partial charge in [0.2, 0.25) is 0 Å². The van der Waals surface area contributed by atoms with Gasteiger partial charge in [-0.15, -0.1) is 0 Å². The third-order valence-electron chi connectivity index (χ3n) is 5.58. The Morgan fingerprint density at radius 1 is 1.04 bits per heavy atom. The van der Waals surface area contributed by atoms with Crippen molar-refractivity contribution < 1.29 is 18.9 Å². The summed E-state index contributed by atoms with van der Waals surface area (Å²) < 4.78 is 15.3. The fourth-order valence-corrected chi connectivity index (χ4v) is 4.75. The van der Waals surface area contributed by atoms with Crippen molar-refractivity contribution in [3.8, 4) is 0 Å². The number of fused-ring (bicyclic) bond motifs is 1. The summed E-state index contributed by atoms with van der Waals surface area (Å²) in [4.78, 5) is 17.6. The van der Waals surface area contributed by atoms with E-state index in [0.29, 0.717) is 0 Å². The van der Waals surface area contributed by atoms with E-state index in [1.54, 1.807) is 0 Å². The SMILES string of the molecule is CC(=Cc1ccc(COP(=O)(O)O)cc1)c1ccc2c(c1)C(C)(C)CC2(C)C. The van der Waals surface area contributed by atoms with E-state index >= 15 is 0 Å². The summed E-state index contributed by atoms with van der Waals surface area (Å²) >= 11 is 0. The number of benzene rings is 2. The molecule has 0 unspecified atom stereocenters. The van der Waals surface area contributed by atoms with E-state index in [9.17, 15) is 4.57 Å². The minimum atomic E-state index is -4.44. The molecular weight excluding hydrogens is 371 g/mol. The Bertz CT molecular complexity index is 949. The third-order valence-corrected chi connectivity index (χ3v) is 6.04. The van der Waals surface area contributed by atoms with Gasteiger partial charge in [0.05, 0.1) is 6.61 Å². The van der Waals surface area contributed by atoms with Gasteiger partial charge < -0.3 is 9.79 Å². The first-order valence-electron chi connectivity index (χ1n) is 9.50. The van der Waals surface area contributed by atoms with Crippen LogP contribution in [0.15, 0.2) is 42.5 Å². The molecule has 150 valence electrons. The molecule has 0 aromatic heterocycles. The maximum absolute atomic E-state index is 10.8. The van der Waals surface area contributed by atoms with Crippen molar-refractivity contribution in [2.24, 2.45) is 0 Å². The minimum Gasteiger partial charge on any atom is -0.303 e. The van der Waals surface area contributed by atoms with Crippen LogP contribution < -0.4 is 0 Å². The molecule has 2 aromatic carbocycles. The maximum atomic E-state index is 10.8. The molecule has 0 saturated carbocycles. The zero-order chi connectivity index (χ0) is 20.7.